The minimum Gasteiger partial charge on any atom is -0.493 e. The fourth-order valence-corrected chi connectivity index (χ4v) is 7.83. The van der Waals surface area contributed by atoms with Gasteiger partial charge in [-0.15, -0.1) is 0 Å². The van der Waals surface area contributed by atoms with E-state index in [1.54, 1.807) is 53.4 Å². The molecular formula is C48H51ClFN7O13. The van der Waals surface area contributed by atoms with Gasteiger partial charge in [-0.3, -0.25) is 34.6 Å². The van der Waals surface area contributed by atoms with Gasteiger partial charge >= 0.3 is 0 Å². The Hall–Kier alpha value is -6.88. The molecule has 1 saturated heterocycles. The molecule has 1 aromatic heterocycles. The number of halogens is 2. The van der Waals surface area contributed by atoms with Crippen molar-refractivity contribution in [2.75, 3.05) is 90.0 Å². The van der Waals surface area contributed by atoms with Crippen molar-refractivity contribution in [3.63, 3.8) is 0 Å². The van der Waals surface area contributed by atoms with Crippen LogP contribution in [0, 0.1) is 15.9 Å². The SMILES string of the molecule is COc1cc2ncnc(N(Cc3ccc([N+](=O)[O-])cc3)c3ccc(F)c(Cl)c3)c2cc1OCCOCCOCCOCCOCCOCCC(=O)Nc1cccc2c1CN(C1CCC(=O)NC1=O)C2=O. The van der Waals surface area contributed by atoms with Gasteiger partial charge in [-0.1, -0.05) is 29.8 Å². The summed E-state index contributed by atoms with van der Waals surface area (Å²) in [5.74, 6) is -0.758. The summed E-state index contributed by atoms with van der Waals surface area (Å²) in [7, 11) is 1.51. The first-order chi connectivity index (χ1) is 34.0. The minimum atomic E-state index is -0.743. The molecule has 2 aliphatic rings. The summed E-state index contributed by atoms with van der Waals surface area (Å²) in [6.45, 7) is 3.63. The van der Waals surface area contributed by atoms with Crippen LogP contribution in [-0.2, 0) is 51.2 Å². The Bertz CT molecular complexity index is 2660. The lowest BCUT2D eigenvalue weighted by atomic mass is 10.0. The summed E-state index contributed by atoms with van der Waals surface area (Å²) >= 11 is 6.19. The molecule has 7 rings (SSSR count). The molecule has 2 aliphatic heterocycles. The largest absolute Gasteiger partial charge is 0.493 e. The van der Waals surface area contributed by atoms with Gasteiger partial charge in [0.05, 0.1) is 95.1 Å². The third-order valence-corrected chi connectivity index (χ3v) is 11.5. The minimum absolute atomic E-state index is 0.0521. The number of anilines is 3. The van der Waals surface area contributed by atoms with E-state index in [1.807, 2.05) is 0 Å². The second-order valence-electron chi connectivity index (χ2n) is 15.8. The van der Waals surface area contributed by atoms with Gasteiger partial charge in [-0.05, 0) is 48.4 Å². The number of carbonyl (C=O) groups is 4. The molecule has 3 heterocycles. The van der Waals surface area contributed by atoms with Gasteiger partial charge in [0.15, 0.2) is 11.5 Å². The van der Waals surface area contributed by atoms with Crippen LogP contribution in [0.1, 0.15) is 40.7 Å². The zero-order chi connectivity index (χ0) is 49.4. The van der Waals surface area contributed by atoms with Crippen LogP contribution >= 0.6 is 11.6 Å². The summed E-state index contributed by atoms with van der Waals surface area (Å²) in [5.41, 5.74) is 3.27. The number of non-ortho nitro benzene ring substituents is 1. The summed E-state index contributed by atoms with van der Waals surface area (Å²) in [6, 6.07) is 18.1. The van der Waals surface area contributed by atoms with Crippen LogP contribution in [0.3, 0.4) is 0 Å². The number of nitrogens with zero attached hydrogens (tertiary/aromatic N) is 5. The second-order valence-corrected chi connectivity index (χ2v) is 16.2. The number of methoxy groups -OCH3 is 1. The number of hydrogen-bond donors (Lipinski definition) is 2. The number of nitrogens with one attached hydrogen (secondary N) is 2. The third kappa shape index (κ3) is 13.5. The van der Waals surface area contributed by atoms with Gasteiger partial charge in [0, 0.05) is 65.6 Å². The Kier molecular flexibility index (Phi) is 18.3. The molecule has 1 atom stereocenters. The number of fused-ring (bicyclic) bond motifs is 2. The van der Waals surface area contributed by atoms with E-state index < -0.39 is 22.7 Å². The Morgan fingerprint density at radius 3 is 2.19 bits per heavy atom. The van der Waals surface area contributed by atoms with Crippen molar-refractivity contribution in [1.29, 1.82) is 0 Å². The highest BCUT2D eigenvalue weighted by molar-refractivity contribution is 6.31. The van der Waals surface area contributed by atoms with Gasteiger partial charge in [-0.2, -0.15) is 0 Å². The Balaban J connectivity index is 0.745. The van der Waals surface area contributed by atoms with Crippen LogP contribution in [0.4, 0.5) is 27.3 Å². The maximum absolute atomic E-state index is 14.2. The van der Waals surface area contributed by atoms with E-state index in [-0.39, 0.29) is 87.2 Å². The summed E-state index contributed by atoms with van der Waals surface area (Å²) in [6.07, 6.45) is 1.89. The van der Waals surface area contributed by atoms with Crippen LogP contribution < -0.4 is 25.0 Å². The van der Waals surface area contributed by atoms with Crippen molar-refractivity contribution in [3.05, 3.63) is 117 Å². The van der Waals surface area contributed by atoms with E-state index in [9.17, 15) is 33.7 Å². The van der Waals surface area contributed by atoms with Crippen LogP contribution in [0.25, 0.3) is 10.9 Å². The highest BCUT2D eigenvalue weighted by Crippen LogP contribution is 2.39. The van der Waals surface area contributed by atoms with Crippen molar-refractivity contribution >= 4 is 69.0 Å². The molecule has 70 heavy (non-hydrogen) atoms. The number of benzene rings is 4. The monoisotopic (exact) mass is 987 g/mol. The fourth-order valence-electron chi connectivity index (χ4n) is 7.66. The van der Waals surface area contributed by atoms with Gasteiger partial charge in [0.25, 0.3) is 11.6 Å². The number of nitro benzene ring substituents is 1. The highest BCUT2D eigenvalue weighted by atomic mass is 35.5. The molecule has 370 valence electrons. The van der Waals surface area contributed by atoms with E-state index in [2.05, 4.69) is 20.6 Å². The summed E-state index contributed by atoms with van der Waals surface area (Å²) < 4.78 is 53.8. The molecule has 22 heteroatoms. The third-order valence-electron chi connectivity index (χ3n) is 11.2. The number of amides is 4. The van der Waals surface area contributed by atoms with Crippen LogP contribution in [0.15, 0.2) is 79.1 Å². The van der Waals surface area contributed by atoms with Gasteiger partial charge in [-0.25, -0.2) is 14.4 Å². The molecule has 20 nitrogen and oxygen atoms in total. The van der Waals surface area contributed by atoms with E-state index in [0.29, 0.717) is 97.0 Å². The molecular weight excluding hydrogens is 937 g/mol. The summed E-state index contributed by atoms with van der Waals surface area (Å²) in [4.78, 5) is 72.7. The standard InChI is InChI=1S/C48H51ClFN7O13/c1-64-42-27-40-35(46(52-30-51-40)55(33-9-10-38(50)37(49)25-33)28-31-5-7-32(8-6-31)57(62)63)26-43(42)70-24-23-69-22-21-68-20-19-67-18-17-66-16-15-65-14-13-45(59)53-39-4-2-3-34-36(39)29-56(48(34)61)41-11-12-44(58)54-47(41)60/h2-10,25-27,30,41H,11-24,28-29H2,1H3,(H,53,59)(H,54,58,60). The van der Waals surface area contributed by atoms with Gasteiger partial charge in [0.1, 0.15) is 30.6 Å². The van der Waals surface area contributed by atoms with Crippen molar-refractivity contribution < 1.29 is 61.6 Å². The molecule has 4 amide bonds. The smallest absolute Gasteiger partial charge is 0.269 e. The lowest BCUT2D eigenvalue weighted by molar-refractivity contribution is -0.384. The van der Waals surface area contributed by atoms with E-state index >= 15 is 0 Å². The first kappa shape index (κ1) is 51.0. The van der Waals surface area contributed by atoms with Crippen molar-refractivity contribution in [2.24, 2.45) is 0 Å². The zero-order valence-corrected chi connectivity index (χ0v) is 39.0. The van der Waals surface area contributed by atoms with Gasteiger partial charge < -0.3 is 48.3 Å². The number of hydrogen-bond acceptors (Lipinski definition) is 16. The Labute approximate surface area is 406 Å². The molecule has 4 aromatic carbocycles. The van der Waals surface area contributed by atoms with Gasteiger partial charge in [0.2, 0.25) is 17.7 Å². The topological polar surface area (TPSA) is 232 Å². The summed E-state index contributed by atoms with van der Waals surface area (Å²) in [5, 5.41) is 16.9. The van der Waals surface area contributed by atoms with E-state index in [1.165, 1.54) is 42.6 Å². The number of piperidine rings is 1. The molecule has 2 N–H and O–H groups in total. The van der Waals surface area contributed by atoms with Crippen LogP contribution in [0.5, 0.6) is 11.5 Å². The molecule has 1 fully saturated rings. The number of aromatic nitrogens is 2. The first-order valence-electron chi connectivity index (χ1n) is 22.4. The molecule has 5 aromatic rings. The van der Waals surface area contributed by atoms with Crippen molar-refractivity contribution in [3.8, 4) is 11.5 Å². The zero-order valence-electron chi connectivity index (χ0n) is 38.2. The predicted molar refractivity (Wildman–Crippen MR) is 252 cm³/mol. The average molecular weight is 988 g/mol. The molecule has 0 radical (unpaired) electrons. The first-order valence-corrected chi connectivity index (χ1v) is 22.7. The normalized spacial score (nSPS) is 14.4. The molecule has 0 bridgehead atoms. The number of ether oxygens (including phenoxy) is 7. The average Bonchev–Trinajstić information content (AvgIpc) is 3.69. The lowest BCUT2D eigenvalue weighted by Crippen LogP contribution is -2.52. The van der Waals surface area contributed by atoms with Crippen molar-refractivity contribution in [1.82, 2.24) is 20.2 Å². The highest BCUT2D eigenvalue weighted by Gasteiger charge is 2.40. The van der Waals surface area contributed by atoms with Crippen molar-refractivity contribution in [2.45, 2.75) is 38.4 Å². The Morgan fingerprint density at radius 1 is 0.871 bits per heavy atom. The number of imide groups is 1. The number of nitro groups is 1. The van der Waals surface area contributed by atoms with Crippen LogP contribution in [0.2, 0.25) is 5.02 Å². The molecule has 0 saturated carbocycles. The number of rotatable bonds is 27. The quantitative estimate of drug-likeness (QED) is 0.0269. The second kappa shape index (κ2) is 25.1. The van der Waals surface area contributed by atoms with E-state index in [4.69, 9.17) is 44.8 Å². The van der Waals surface area contributed by atoms with E-state index in [0.717, 1.165) is 5.56 Å². The Morgan fingerprint density at radius 2 is 1.54 bits per heavy atom. The lowest BCUT2D eigenvalue weighted by Gasteiger charge is -2.29. The van der Waals surface area contributed by atoms with Crippen LogP contribution in [-0.4, -0.2) is 129 Å². The maximum atomic E-state index is 14.2. The maximum Gasteiger partial charge on any atom is 0.269 e. The molecule has 0 spiro atoms. The predicted octanol–water partition coefficient (Wildman–Crippen LogP) is 5.93. The number of carbonyl (C=O) groups excluding carboxylic acids is 4. The fraction of sp³-hybridized carbons (Fsp3) is 0.375. The molecule has 1 unspecified atom stereocenters. The molecule has 0 aliphatic carbocycles.